The van der Waals surface area contributed by atoms with Gasteiger partial charge in [-0.25, -0.2) is 8.78 Å². The number of carbonyl (C=O) groups is 13. The van der Waals surface area contributed by atoms with Crippen LogP contribution < -0.4 is 16.0 Å². The van der Waals surface area contributed by atoms with Gasteiger partial charge >= 0.3 is 6.18 Å². The molecule has 1 aromatic carbocycles. The van der Waals surface area contributed by atoms with E-state index in [0.29, 0.717) is 38.8 Å². The Morgan fingerprint density at radius 3 is 1.66 bits per heavy atom. The maximum absolute atomic E-state index is 15.4. The molecule has 0 radical (unpaired) electrons. The lowest BCUT2D eigenvalue weighted by Crippen LogP contribution is -2.62. The van der Waals surface area contributed by atoms with Gasteiger partial charge in [0.2, 0.25) is 76.8 Å². The second kappa shape index (κ2) is 39.4. The number of piperidine rings is 2. The van der Waals surface area contributed by atoms with Gasteiger partial charge in [0, 0.05) is 95.4 Å². The van der Waals surface area contributed by atoms with Gasteiger partial charge in [0.1, 0.15) is 48.3 Å². The van der Waals surface area contributed by atoms with E-state index in [4.69, 9.17) is 11.6 Å². The number of aryl methyl sites for hydroxylation is 1. The third kappa shape index (κ3) is 24.7. The van der Waals surface area contributed by atoms with Crippen LogP contribution >= 0.6 is 11.6 Å². The highest BCUT2D eigenvalue weighted by molar-refractivity contribution is 6.31. The number of hydrogen-bond donors (Lipinski definition) is 3. The molecule has 3 N–H and O–H groups in total. The molecular formula is C74H115ClF5N13O13. The fourth-order valence-electron chi connectivity index (χ4n) is 14.3. The number of hydrogen-bond acceptors (Lipinski definition) is 13. The number of halogens is 6. The van der Waals surface area contributed by atoms with Gasteiger partial charge in [0.05, 0.1) is 43.1 Å². The zero-order valence-corrected chi connectivity index (χ0v) is 65.5. The number of alkyl halides is 5. The average molecular weight is 1530 g/mol. The van der Waals surface area contributed by atoms with E-state index in [9.17, 15) is 65.1 Å². The summed E-state index contributed by atoms with van der Waals surface area (Å²) in [6.07, 6.45) is -2.10. The smallest absolute Gasteiger partial charge is 0.343 e. The molecule has 13 amide bonds. The van der Waals surface area contributed by atoms with E-state index in [1.807, 2.05) is 27.7 Å². The molecule has 3 aliphatic heterocycles. The van der Waals surface area contributed by atoms with Crippen molar-refractivity contribution < 1.29 is 84.3 Å². The van der Waals surface area contributed by atoms with Crippen LogP contribution in [0.25, 0.3) is 0 Å². The number of rotatable bonds is 14. The number of likely N-dealkylation sites (N-methyl/N-ethyl adjacent to an activating group) is 8. The molecule has 1 saturated carbocycles. The normalized spacial score (nSPS) is 25.3. The number of carbonyl (C=O) groups excluding carboxylic acids is 13. The minimum absolute atomic E-state index is 0.0552. The van der Waals surface area contributed by atoms with Crippen LogP contribution in [0.15, 0.2) is 18.2 Å². The van der Waals surface area contributed by atoms with Crippen LogP contribution in [-0.2, 0) is 74.9 Å². The molecule has 0 bridgehead atoms. The number of likely N-dealkylation sites (tertiary alicyclic amines) is 2. The highest BCUT2D eigenvalue weighted by Gasteiger charge is 2.46. The number of nitrogens with zero attached hydrogens (tertiary/aromatic N) is 10. The predicted molar refractivity (Wildman–Crippen MR) is 386 cm³/mol. The molecule has 106 heavy (non-hydrogen) atoms. The molecule has 4 fully saturated rings. The summed E-state index contributed by atoms with van der Waals surface area (Å²) in [5.74, 6) is -15.7. The van der Waals surface area contributed by atoms with Gasteiger partial charge in [-0.15, -0.1) is 0 Å². The lowest BCUT2D eigenvalue weighted by molar-refractivity contribution is -0.155. The van der Waals surface area contributed by atoms with E-state index in [1.54, 1.807) is 32.6 Å². The van der Waals surface area contributed by atoms with Crippen molar-refractivity contribution in [3.63, 3.8) is 0 Å². The van der Waals surface area contributed by atoms with Gasteiger partial charge in [-0.3, -0.25) is 62.3 Å². The van der Waals surface area contributed by atoms with Crippen LogP contribution in [0, 0.1) is 29.6 Å². The highest BCUT2D eigenvalue weighted by Crippen LogP contribution is 2.36. The first-order chi connectivity index (χ1) is 49.4. The van der Waals surface area contributed by atoms with Gasteiger partial charge in [-0.1, -0.05) is 105 Å². The van der Waals surface area contributed by atoms with Crippen molar-refractivity contribution in [1.29, 1.82) is 0 Å². The Morgan fingerprint density at radius 2 is 1.10 bits per heavy atom. The van der Waals surface area contributed by atoms with Crippen molar-refractivity contribution in [2.45, 2.75) is 225 Å². The average Bonchev–Trinajstić information content (AvgIpc) is 0.809. The molecule has 1 aromatic rings. The Hall–Kier alpha value is -7.73. The fourth-order valence-corrected chi connectivity index (χ4v) is 14.6. The molecule has 5 rings (SSSR count). The van der Waals surface area contributed by atoms with Crippen LogP contribution in [0.4, 0.5) is 22.0 Å². The molecule has 0 unspecified atom stereocenters. The van der Waals surface area contributed by atoms with E-state index in [0.717, 1.165) is 85.2 Å². The molecule has 26 nitrogen and oxygen atoms in total. The van der Waals surface area contributed by atoms with Crippen LogP contribution in [-0.4, -0.2) is 282 Å². The quantitative estimate of drug-likeness (QED) is 0.189. The lowest BCUT2D eigenvalue weighted by Gasteiger charge is -2.40. The van der Waals surface area contributed by atoms with Crippen LogP contribution in [0.1, 0.15) is 169 Å². The van der Waals surface area contributed by atoms with Gasteiger partial charge in [-0.2, -0.15) is 13.2 Å². The van der Waals surface area contributed by atoms with E-state index in [2.05, 4.69) is 16.0 Å². The first-order valence-electron chi connectivity index (χ1n) is 37.1. The van der Waals surface area contributed by atoms with Crippen LogP contribution in [0.3, 0.4) is 0 Å². The van der Waals surface area contributed by atoms with Crippen LogP contribution in [0.2, 0.25) is 5.02 Å². The van der Waals surface area contributed by atoms with Crippen molar-refractivity contribution in [3.8, 4) is 0 Å². The molecule has 1 aliphatic carbocycles. The Kier molecular flexibility index (Phi) is 33.0. The number of benzene rings is 1. The van der Waals surface area contributed by atoms with Gasteiger partial charge in [0.25, 0.3) is 5.92 Å². The minimum atomic E-state index is -4.85. The number of nitrogens with one attached hydrogen (secondary N) is 3. The third-order valence-corrected chi connectivity index (χ3v) is 21.3. The highest BCUT2D eigenvalue weighted by atomic mass is 35.5. The van der Waals surface area contributed by atoms with Crippen molar-refractivity contribution in [2.24, 2.45) is 29.6 Å². The zero-order chi connectivity index (χ0) is 79.7. The molecule has 0 spiro atoms. The second-order valence-corrected chi connectivity index (χ2v) is 31.4. The van der Waals surface area contributed by atoms with Gasteiger partial charge in [0.15, 0.2) is 0 Å². The predicted octanol–water partition coefficient (Wildman–Crippen LogP) is 5.69. The molecular weight excluding hydrogens is 1410 g/mol. The molecule has 8 atom stereocenters. The Labute approximate surface area is 626 Å². The Bertz CT molecular complexity index is 3290. The Balaban J connectivity index is 1.68. The SMILES string of the molecule is CC(C)C[C@@H]1NC(=O)[C@H](CC(C)C)N(C)C(=O)C[C@@H](C(=O)N2CCCCC2)N(C)C(=O)[C@H](C(C)C)N(C)C(=O)[C@H](C(C)C)NC(=O)[C@H](CC(=O)N2CCC(F)(F)CC2)N(C)C(=O)[C@H](CCc2ccc(C(F)(F)F)c(Cl)c2)NC(=O)CN(C)C(=O)[C@H](CC2CCCCC2)N(C)C(=O)CN(C)C(=O)CN(C)C1=O. The van der Waals surface area contributed by atoms with Crippen molar-refractivity contribution in [2.75, 3.05) is 102 Å². The number of amides is 13. The second-order valence-electron chi connectivity index (χ2n) is 31.0. The lowest BCUT2D eigenvalue weighted by atomic mass is 9.84. The summed E-state index contributed by atoms with van der Waals surface area (Å²) >= 11 is 6.14. The summed E-state index contributed by atoms with van der Waals surface area (Å²) in [7, 11) is 10.5. The minimum Gasteiger partial charge on any atom is -0.343 e. The topological polar surface area (TPSA) is 290 Å². The summed E-state index contributed by atoms with van der Waals surface area (Å²) in [5.41, 5.74) is -0.995. The summed E-state index contributed by atoms with van der Waals surface area (Å²) in [6, 6.07) is -8.97. The van der Waals surface area contributed by atoms with Crippen molar-refractivity contribution in [1.82, 2.24) is 64.9 Å². The first kappa shape index (κ1) is 88.9. The third-order valence-electron chi connectivity index (χ3n) is 21.0. The maximum atomic E-state index is 15.4. The molecule has 32 heteroatoms. The van der Waals surface area contributed by atoms with Crippen molar-refractivity contribution in [3.05, 3.63) is 34.3 Å². The standard InChI is InChI=1S/C74H115ClF5N13O13/c1-44(2)35-53-67(101)86(11)42-61(97)84(9)43-62(98)88(13)56(38-48-23-19-17-20-24-48)69(103)85(10)41-58(94)81-52(28-26-49-25-27-50(51(75)37-49)74(78,79)80)68(102)89(14)55(39-60(96)92-33-29-73(76,77)30-34-92)66(100)83-63(46(5)6)71(105)91(16)64(47(7)8)72(106)90(15)57(70(104)93-31-21-18-22-32-93)40-59(95)87(12)54(36-45(3)4)65(99)82-53/h25,27,37,44-48,52-57,63-64H,17-24,26,28-36,38-43H2,1-16H3,(H,81,94)(H,82,99)(H,83,100)/t52-,53-,54-,55-,56-,57-,63-,64-/m0/s1. The summed E-state index contributed by atoms with van der Waals surface area (Å²) in [5, 5.41) is 7.47. The molecule has 3 saturated heterocycles. The maximum Gasteiger partial charge on any atom is 0.417 e. The van der Waals surface area contributed by atoms with E-state index < -0.39 is 224 Å². The Morgan fingerprint density at radius 1 is 0.547 bits per heavy atom. The van der Waals surface area contributed by atoms with E-state index >= 15 is 19.2 Å². The molecule has 0 aromatic heterocycles. The largest absolute Gasteiger partial charge is 0.417 e. The van der Waals surface area contributed by atoms with Gasteiger partial charge in [-0.05, 0) is 98.7 Å². The summed E-state index contributed by atoms with van der Waals surface area (Å²) in [6.45, 7) is 11.5. The zero-order valence-electron chi connectivity index (χ0n) is 64.8. The van der Waals surface area contributed by atoms with E-state index in [1.165, 1.54) is 59.1 Å². The summed E-state index contributed by atoms with van der Waals surface area (Å²) < 4.78 is 71.0. The van der Waals surface area contributed by atoms with Crippen LogP contribution in [0.5, 0.6) is 0 Å². The van der Waals surface area contributed by atoms with Gasteiger partial charge < -0.3 is 64.9 Å². The molecule has 4 aliphatic rings. The monoisotopic (exact) mass is 1520 g/mol. The molecule has 596 valence electrons. The van der Waals surface area contributed by atoms with E-state index in [-0.39, 0.29) is 49.0 Å². The first-order valence-corrected chi connectivity index (χ1v) is 37.5. The fraction of sp³-hybridized carbons (Fsp3) is 0.743. The molecule has 3 heterocycles. The summed E-state index contributed by atoms with van der Waals surface area (Å²) in [4.78, 5) is 204. The van der Waals surface area contributed by atoms with Crippen molar-refractivity contribution >= 4 is 88.4 Å².